The fourth-order valence-electron chi connectivity index (χ4n) is 3.02. The number of thioether (sulfide) groups is 1. The minimum absolute atomic E-state index is 0.110. The summed E-state index contributed by atoms with van der Waals surface area (Å²) in [5, 5.41) is 5.91. The lowest BCUT2D eigenvalue weighted by atomic mass is 10.2. The Morgan fingerprint density at radius 1 is 1.13 bits per heavy atom. The van der Waals surface area contributed by atoms with Gasteiger partial charge in [0.2, 0.25) is 5.91 Å². The van der Waals surface area contributed by atoms with E-state index in [9.17, 15) is 9.59 Å². The molecule has 4 aromatic rings. The fraction of sp³-hybridized carbons (Fsp3) is 0.136. The summed E-state index contributed by atoms with van der Waals surface area (Å²) in [5.41, 5.74) is 1.12. The van der Waals surface area contributed by atoms with Gasteiger partial charge in [-0.3, -0.25) is 14.2 Å². The Hall–Kier alpha value is -3.10. The van der Waals surface area contributed by atoms with Crippen LogP contribution in [0.25, 0.3) is 10.9 Å². The van der Waals surface area contributed by atoms with Crippen molar-refractivity contribution < 1.29 is 9.53 Å². The van der Waals surface area contributed by atoms with Gasteiger partial charge in [0.05, 0.1) is 36.0 Å². The largest absolute Gasteiger partial charge is 0.495 e. The first-order valence-corrected chi connectivity index (χ1v) is 11.1. The van der Waals surface area contributed by atoms with Crippen molar-refractivity contribution in [2.45, 2.75) is 11.7 Å². The molecule has 0 saturated heterocycles. The Kier molecular flexibility index (Phi) is 6.15. The van der Waals surface area contributed by atoms with Crippen molar-refractivity contribution in [1.82, 2.24) is 9.55 Å². The number of anilines is 1. The van der Waals surface area contributed by atoms with E-state index in [-0.39, 0.29) is 17.2 Å². The van der Waals surface area contributed by atoms with Crippen molar-refractivity contribution >= 4 is 45.6 Å². The maximum atomic E-state index is 13.1. The van der Waals surface area contributed by atoms with Gasteiger partial charge < -0.3 is 10.1 Å². The Bertz CT molecular complexity index is 1240. The van der Waals surface area contributed by atoms with Crippen LogP contribution in [0, 0.1) is 0 Å². The molecule has 0 bridgehead atoms. The van der Waals surface area contributed by atoms with E-state index in [4.69, 9.17) is 4.74 Å². The monoisotopic (exact) mass is 437 g/mol. The summed E-state index contributed by atoms with van der Waals surface area (Å²) >= 11 is 2.82. The van der Waals surface area contributed by atoms with Crippen LogP contribution in [0.5, 0.6) is 5.75 Å². The van der Waals surface area contributed by atoms with Gasteiger partial charge in [-0.25, -0.2) is 4.98 Å². The molecule has 2 heterocycles. The van der Waals surface area contributed by atoms with Crippen LogP contribution in [0.3, 0.4) is 0 Å². The average Bonchev–Trinajstić information content (AvgIpc) is 3.28. The van der Waals surface area contributed by atoms with E-state index in [0.29, 0.717) is 34.0 Å². The van der Waals surface area contributed by atoms with Gasteiger partial charge in [-0.2, -0.15) is 0 Å². The molecule has 8 heteroatoms. The molecule has 1 N–H and O–H groups in total. The van der Waals surface area contributed by atoms with Crippen molar-refractivity contribution in [3.8, 4) is 5.75 Å². The maximum absolute atomic E-state index is 13.1. The van der Waals surface area contributed by atoms with Gasteiger partial charge >= 0.3 is 0 Å². The number of nitrogens with zero attached hydrogens (tertiary/aromatic N) is 2. The highest BCUT2D eigenvalue weighted by atomic mass is 32.2. The van der Waals surface area contributed by atoms with Gasteiger partial charge in [0.1, 0.15) is 5.75 Å². The SMILES string of the molecule is COc1ccccc1NC(=O)CSc1nc2ccccc2c(=O)n1Cc1cccs1. The molecule has 152 valence electrons. The summed E-state index contributed by atoms with van der Waals surface area (Å²) < 4.78 is 6.91. The molecule has 0 aliphatic rings. The molecule has 0 spiro atoms. The first-order chi connectivity index (χ1) is 14.7. The summed E-state index contributed by atoms with van der Waals surface area (Å²) in [5.74, 6) is 0.511. The maximum Gasteiger partial charge on any atom is 0.262 e. The number of aromatic nitrogens is 2. The number of thiophene rings is 1. The van der Waals surface area contributed by atoms with Gasteiger partial charge in [-0.15, -0.1) is 11.3 Å². The van der Waals surface area contributed by atoms with Crippen LogP contribution in [-0.4, -0.2) is 28.3 Å². The van der Waals surface area contributed by atoms with Crippen LogP contribution in [0.1, 0.15) is 4.88 Å². The lowest BCUT2D eigenvalue weighted by Gasteiger charge is -2.13. The molecule has 30 heavy (non-hydrogen) atoms. The van der Waals surface area contributed by atoms with E-state index in [1.165, 1.54) is 11.8 Å². The van der Waals surface area contributed by atoms with Crippen molar-refractivity contribution in [3.05, 3.63) is 81.3 Å². The first kappa shape index (κ1) is 20.2. The van der Waals surface area contributed by atoms with Crippen molar-refractivity contribution in [3.63, 3.8) is 0 Å². The second-order valence-electron chi connectivity index (χ2n) is 6.42. The minimum atomic E-state index is -0.199. The van der Waals surface area contributed by atoms with Crippen LogP contribution < -0.4 is 15.6 Å². The van der Waals surface area contributed by atoms with Crippen LogP contribution in [0.15, 0.2) is 76.0 Å². The van der Waals surface area contributed by atoms with E-state index >= 15 is 0 Å². The summed E-state index contributed by atoms with van der Waals surface area (Å²) in [6.45, 7) is 0.421. The van der Waals surface area contributed by atoms with Crippen LogP contribution in [0.4, 0.5) is 5.69 Å². The number of para-hydroxylation sites is 3. The lowest BCUT2D eigenvalue weighted by molar-refractivity contribution is -0.113. The van der Waals surface area contributed by atoms with Crippen LogP contribution in [-0.2, 0) is 11.3 Å². The Balaban J connectivity index is 1.59. The number of hydrogen-bond donors (Lipinski definition) is 1. The first-order valence-electron chi connectivity index (χ1n) is 9.23. The van der Waals surface area contributed by atoms with Gasteiger partial charge in [0.15, 0.2) is 5.16 Å². The number of carbonyl (C=O) groups is 1. The van der Waals surface area contributed by atoms with Gasteiger partial charge in [-0.1, -0.05) is 42.1 Å². The summed E-state index contributed by atoms with van der Waals surface area (Å²) in [6.07, 6.45) is 0. The molecular formula is C22H19N3O3S2. The third-order valence-electron chi connectivity index (χ3n) is 4.43. The number of amides is 1. The molecular weight excluding hydrogens is 418 g/mol. The van der Waals surface area contributed by atoms with E-state index < -0.39 is 0 Å². The number of nitrogens with one attached hydrogen (secondary N) is 1. The number of benzene rings is 2. The molecule has 0 unspecified atom stereocenters. The third kappa shape index (κ3) is 4.39. The number of fused-ring (bicyclic) bond motifs is 1. The Labute approximate surface area is 181 Å². The van der Waals surface area contributed by atoms with Crippen molar-refractivity contribution in [2.75, 3.05) is 18.2 Å². The number of ether oxygens (including phenoxy) is 1. The number of carbonyl (C=O) groups excluding carboxylic acids is 1. The van der Waals surface area contributed by atoms with E-state index in [1.54, 1.807) is 41.2 Å². The zero-order chi connectivity index (χ0) is 20.9. The minimum Gasteiger partial charge on any atom is -0.495 e. The molecule has 0 fully saturated rings. The molecule has 1 amide bonds. The number of rotatable bonds is 7. The van der Waals surface area contributed by atoms with E-state index in [2.05, 4.69) is 10.3 Å². The Morgan fingerprint density at radius 2 is 1.93 bits per heavy atom. The fourth-order valence-corrected chi connectivity index (χ4v) is 4.51. The molecule has 0 aliphatic carbocycles. The average molecular weight is 438 g/mol. The molecule has 2 aromatic heterocycles. The second kappa shape index (κ2) is 9.15. The molecule has 6 nitrogen and oxygen atoms in total. The second-order valence-corrected chi connectivity index (χ2v) is 8.39. The van der Waals surface area contributed by atoms with Crippen molar-refractivity contribution in [2.24, 2.45) is 0 Å². The normalized spacial score (nSPS) is 10.8. The Morgan fingerprint density at radius 3 is 2.73 bits per heavy atom. The standard InChI is InChI=1S/C22H19N3O3S2/c1-28-19-11-5-4-10-18(19)23-20(26)14-30-22-24-17-9-3-2-8-16(17)21(27)25(22)13-15-7-6-12-29-15/h2-12H,13-14H2,1H3,(H,23,26). The highest BCUT2D eigenvalue weighted by Crippen LogP contribution is 2.24. The van der Waals surface area contributed by atoms with Crippen LogP contribution >= 0.6 is 23.1 Å². The number of hydrogen-bond acceptors (Lipinski definition) is 6. The topological polar surface area (TPSA) is 73.2 Å². The van der Waals surface area contributed by atoms with Gasteiger partial charge in [0.25, 0.3) is 5.56 Å². The summed E-state index contributed by atoms with van der Waals surface area (Å²) in [7, 11) is 1.56. The smallest absolute Gasteiger partial charge is 0.262 e. The quantitative estimate of drug-likeness (QED) is 0.346. The molecule has 0 radical (unpaired) electrons. The highest BCUT2D eigenvalue weighted by molar-refractivity contribution is 7.99. The zero-order valence-corrected chi connectivity index (χ0v) is 17.8. The molecule has 0 aliphatic heterocycles. The lowest BCUT2D eigenvalue weighted by Crippen LogP contribution is -2.24. The van der Waals surface area contributed by atoms with Crippen LogP contribution in [0.2, 0.25) is 0 Å². The predicted octanol–water partition coefficient (Wildman–Crippen LogP) is 4.25. The van der Waals surface area contributed by atoms with E-state index in [0.717, 1.165) is 4.88 Å². The van der Waals surface area contributed by atoms with E-state index in [1.807, 2.05) is 47.8 Å². The zero-order valence-electron chi connectivity index (χ0n) is 16.2. The molecule has 4 rings (SSSR count). The van der Waals surface area contributed by atoms with Crippen molar-refractivity contribution in [1.29, 1.82) is 0 Å². The molecule has 0 atom stereocenters. The summed E-state index contributed by atoms with van der Waals surface area (Å²) in [6, 6.07) is 18.4. The summed E-state index contributed by atoms with van der Waals surface area (Å²) in [4.78, 5) is 31.3. The number of methoxy groups -OCH3 is 1. The highest BCUT2D eigenvalue weighted by Gasteiger charge is 2.15. The molecule has 2 aromatic carbocycles. The molecule has 0 saturated carbocycles. The van der Waals surface area contributed by atoms with Gasteiger partial charge in [-0.05, 0) is 35.7 Å². The van der Waals surface area contributed by atoms with Gasteiger partial charge in [0, 0.05) is 4.88 Å². The predicted molar refractivity (Wildman–Crippen MR) is 122 cm³/mol. The third-order valence-corrected chi connectivity index (χ3v) is 6.27.